The van der Waals surface area contributed by atoms with Crippen molar-refractivity contribution in [3.63, 3.8) is 0 Å². The molecule has 2 N–H and O–H groups in total. The van der Waals surface area contributed by atoms with Gasteiger partial charge in [-0.05, 0) is 29.8 Å². The molecule has 130 valence electrons. The van der Waals surface area contributed by atoms with Gasteiger partial charge >= 0.3 is 0 Å². The summed E-state index contributed by atoms with van der Waals surface area (Å²) in [6.07, 6.45) is 0. The first-order chi connectivity index (χ1) is 12.2. The number of nitrogens with two attached hydrogens (primary N) is 1. The van der Waals surface area contributed by atoms with Gasteiger partial charge in [-0.3, -0.25) is 0 Å². The lowest BCUT2D eigenvalue weighted by molar-refractivity contribution is 0.181. The molecule has 0 bridgehead atoms. The molecule has 3 aromatic rings. The summed E-state index contributed by atoms with van der Waals surface area (Å²) in [5.41, 5.74) is 9.80. The topological polar surface area (TPSA) is 71.5 Å². The molecule has 0 saturated heterocycles. The van der Waals surface area contributed by atoms with Gasteiger partial charge in [-0.1, -0.05) is 24.3 Å². The largest absolute Gasteiger partial charge is 0.493 e. The van der Waals surface area contributed by atoms with Crippen LogP contribution in [-0.2, 0) is 11.3 Å². The highest BCUT2D eigenvalue weighted by Gasteiger charge is 2.19. The number of methoxy groups -OCH3 is 3. The number of hydrogen-bond acceptors (Lipinski definition) is 5. The van der Waals surface area contributed by atoms with Gasteiger partial charge < -0.3 is 19.9 Å². The fraction of sp³-hybridized carbons (Fsp3) is 0.211. The van der Waals surface area contributed by atoms with E-state index in [1.807, 2.05) is 48.5 Å². The lowest BCUT2D eigenvalue weighted by Gasteiger charge is -2.10. The Balaban J connectivity index is 2.16. The lowest BCUT2D eigenvalue weighted by atomic mass is 10.0. The molecule has 1 aromatic heterocycles. The van der Waals surface area contributed by atoms with Crippen LogP contribution >= 0.6 is 0 Å². The highest BCUT2D eigenvalue weighted by atomic mass is 16.5. The van der Waals surface area contributed by atoms with Crippen LogP contribution in [0.25, 0.3) is 16.8 Å². The Morgan fingerprint density at radius 3 is 2.32 bits per heavy atom. The SMILES string of the molecule is COCc1nn(-c2ccccc2)c(N)c1-c1ccc(OC)c(OC)c1. The first-order valence-corrected chi connectivity index (χ1v) is 7.83. The Morgan fingerprint density at radius 2 is 1.68 bits per heavy atom. The summed E-state index contributed by atoms with van der Waals surface area (Å²) in [5.74, 6) is 1.84. The number of hydrogen-bond donors (Lipinski definition) is 1. The maximum atomic E-state index is 6.43. The normalized spacial score (nSPS) is 10.7. The molecule has 25 heavy (non-hydrogen) atoms. The van der Waals surface area contributed by atoms with Gasteiger partial charge in [0.1, 0.15) is 5.82 Å². The third-order valence-corrected chi connectivity index (χ3v) is 3.95. The van der Waals surface area contributed by atoms with Gasteiger partial charge in [0.25, 0.3) is 0 Å². The van der Waals surface area contributed by atoms with Crippen LogP contribution in [0.4, 0.5) is 5.82 Å². The molecule has 1 heterocycles. The third-order valence-electron chi connectivity index (χ3n) is 3.95. The van der Waals surface area contributed by atoms with Crippen molar-refractivity contribution in [2.24, 2.45) is 0 Å². The van der Waals surface area contributed by atoms with Crippen molar-refractivity contribution in [2.45, 2.75) is 6.61 Å². The molecule has 0 aliphatic carbocycles. The first kappa shape index (κ1) is 16.9. The second-order valence-corrected chi connectivity index (χ2v) is 5.46. The number of benzene rings is 2. The number of aromatic nitrogens is 2. The Kier molecular flexibility index (Phi) is 4.90. The second-order valence-electron chi connectivity index (χ2n) is 5.46. The predicted molar refractivity (Wildman–Crippen MR) is 97.2 cm³/mol. The van der Waals surface area contributed by atoms with Crippen molar-refractivity contribution in [2.75, 3.05) is 27.1 Å². The summed E-state index contributed by atoms with van der Waals surface area (Å²) < 4.78 is 17.7. The van der Waals surface area contributed by atoms with E-state index >= 15 is 0 Å². The molecule has 0 unspecified atom stereocenters. The van der Waals surface area contributed by atoms with E-state index in [1.54, 1.807) is 26.0 Å². The summed E-state index contributed by atoms with van der Waals surface area (Å²) >= 11 is 0. The van der Waals surface area contributed by atoms with Gasteiger partial charge in [-0.2, -0.15) is 5.10 Å². The van der Waals surface area contributed by atoms with E-state index in [-0.39, 0.29) is 0 Å². The lowest BCUT2D eigenvalue weighted by Crippen LogP contribution is -2.02. The molecule has 0 atom stereocenters. The monoisotopic (exact) mass is 339 g/mol. The van der Waals surface area contributed by atoms with Gasteiger partial charge in [0, 0.05) is 12.7 Å². The average molecular weight is 339 g/mol. The van der Waals surface area contributed by atoms with Gasteiger partial charge in [-0.15, -0.1) is 0 Å². The molecule has 0 radical (unpaired) electrons. The quantitative estimate of drug-likeness (QED) is 0.746. The van der Waals surface area contributed by atoms with E-state index in [1.165, 1.54) is 0 Å². The zero-order chi connectivity index (χ0) is 17.8. The zero-order valence-electron chi connectivity index (χ0n) is 14.5. The minimum Gasteiger partial charge on any atom is -0.493 e. The van der Waals surface area contributed by atoms with E-state index in [0.29, 0.717) is 23.9 Å². The van der Waals surface area contributed by atoms with Crippen molar-refractivity contribution in [1.29, 1.82) is 0 Å². The van der Waals surface area contributed by atoms with E-state index in [9.17, 15) is 0 Å². The van der Waals surface area contributed by atoms with Crippen molar-refractivity contribution in [3.05, 3.63) is 54.2 Å². The summed E-state index contributed by atoms with van der Waals surface area (Å²) in [4.78, 5) is 0. The Hall–Kier alpha value is -2.99. The highest BCUT2D eigenvalue weighted by molar-refractivity contribution is 5.79. The summed E-state index contributed by atoms with van der Waals surface area (Å²) in [5, 5.41) is 4.64. The Bertz CT molecular complexity index is 860. The van der Waals surface area contributed by atoms with Gasteiger partial charge in [-0.25, -0.2) is 4.68 Å². The van der Waals surface area contributed by atoms with Crippen molar-refractivity contribution >= 4 is 5.82 Å². The van der Waals surface area contributed by atoms with E-state index < -0.39 is 0 Å². The van der Waals surface area contributed by atoms with Crippen LogP contribution in [-0.4, -0.2) is 31.1 Å². The fourth-order valence-corrected chi connectivity index (χ4v) is 2.79. The van der Waals surface area contributed by atoms with Gasteiger partial charge in [0.2, 0.25) is 0 Å². The van der Waals surface area contributed by atoms with Gasteiger partial charge in [0.05, 0.1) is 32.2 Å². The molecular formula is C19H21N3O3. The predicted octanol–water partition coefficient (Wildman–Crippen LogP) is 3.29. The van der Waals surface area contributed by atoms with E-state index in [4.69, 9.17) is 19.9 Å². The summed E-state index contributed by atoms with van der Waals surface area (Å²) in [6.45, 7) is 0.355. The standard InChI is InChI=1S/C19H21N3O3/c1-23-12-15-18(13-9-10-16(24-2)17(11-13)25-3)19(20)22(21-15)14-7-5-4-6-8-14/h4-11H,12,20H2,1-3H3. The Labute approximate surface area is 146 Å². The zero-order valence-corrected chi connectivity index (χ0v) is 14.5. The van der Waals surface area contributed by atoms with Crippen LogP contribution in [0.5, 0.6) is 11.5 Å². The fourth-order valence-electron chi connectivity index (χ4n) is 2.79. The number of para-hydroxylation sites is 1. The first-order valence-electron chi connectivity index (χ1n) is 7.83. The van der Waals surface area contributed by atoms with Crippen LogP contribution in [0, 0.1) is 0 Å². The molecule has 2 aromatic carbocycles. The van der Waals surface area contributed by atoms with E-state index in [2.05, 4.69) is 5.10 Å². The maximum Gasteiger partial charge on any atom is 0.161 e. The van der Waals surface area contributed by atoms with Crippen LogP contribution in [0.1, 0.15) is 5.69 Å². The van der Waals surface area contributed by atoms with Crippen molar-refractivity contribution < 1.29 is 14.2 Å². The highest BCUT2D eigenvalue weighted by Crippen LogP contribution is 2.37. The molecule has 0 aliphatic rings. The minimum absolute atomic E-state index is 0.355. The number of nitrogens with zero attached hydrogens (tertiary/aromatic N) is 2. The third kappa shape index (κ3) is 3.16. The van der Waals surface area contributed by atoms with Crippen molar-refractivity contribution in [1.82, 2.24) is 9.78 Å². The Morgan fingerprint density at radius 1 is 0.960 bits per heavy atom. The van der Waals surface area contributed by atoms with E-state index in [0.717, 1.165) is 22.5 Å². The minimum atomic E-state index is 0.355. The molecule has 0 spiro atoms. The molecular weight excluding hydrogens is 318 g/mol. The van der Waals surface area contributed by atoms with Crippen LogP contribution in [0.2, 0.25) is 0 Å². The van der Waals surface area contributed by atoms with Crippen LogP contribution in [0.15, 0.2) is 48.5 Å². The maximum absolute atomic E-state index is 6.43. The van der Waals surface area contributed by atoms with Gasteiger partial charge in [0.15, 0.2) is 11.5 Å². The average Bonchev–Trinajstić information content (AvgIpc) is 2.98. The summed E-state index contributed by atoms with van der Waals surface area (Å²) in [6, 6.07) is 15.4. The molecule has 0 amide bonds. The number of ether oxygens (including phenoxy) is 3. The smallest absolute Gasteiger partial charge is 0.161 e. The number of nitrogen functional groups attached to an aromatic ring is 1. The molecule has 0 saturated carbocycles. The van der Waals surface area contributed by atoms with Crippen LogP contribution < -0.4 is 15.2 Å². The van der Waals surface area contributed by atoms with Crippen molar-refractivity contribution in [3.8, 4) is 28.3 Å². The molecule has 6 nitrogen and oxygen atoms in total. The second kappa shape index (κ2) is 7.27. The molecule has 0 aliphatic heterocycles. The molecule has 6 heteroatoms. The molecule has 0 fully saturated rings. The summed E-state index contributed by atoms with van der Waals surface area (Å²) in [7, 11) is 4.85. The number of rotatable bonds is 6. The van der Waals surface area contributed by atoms with Crippen LogP contribution in [0.3, 0.4) is 0 Å². The molecule has 3 rings (SSSR count). The number of anilines is 1.